The van der Waals surface area contributed by atoms with E-state index in [-0.39, 0.29) is 23.9 Å². The van der Waals surface area contributed by atoms with Gasteiger partial charge < -0.3 is 16.0 Å². The fourth-order valence-corrected chi connectivity index (χ4v) is 2.94. The minimum atomic E-state index is -0.377. The van der Waals surface area contributed by atoms with Crippen LogP contribution in [-0.2, 0) is 4.79 Å². The number of likely N-dealkylation sites (tertiary alicyclic amines) is 1. The Hall–Kier alpha value is -1.47. The van der Waals surface area contributed by atoms with Gasteiger partial charge in [0.25, 0.3) is 5.91 Å². The van der Waals surface area contributed by atoms with E-state index in [0.29, 0.717) is 18.7 Å². The van der Waals surface area contributed by atoms with Crippen LogP contribution in [0.3, 0.4) is 0 Å². The van der Waals surface area contributed by atoms with Gasteiger partial charge in [0.15, 0.2) is 0 Å². The third-order valence-electron chi connectivity index (χ3n) is 3.19. The van der Waals surface area contributed by atoms with Gasteiger partial charge in [-0.2, -0.15) is 0 Å². The molecule has 19 heavy (non-hydrogen) atoms. The molecule has 0 saturated carbocycles. The number of carbonyl (C=O) groups excluding carboxylic acids is 2. The van der Waals surface area contributed by atoms with Crippen LogP contribution in [-0.4, -0.2) is 41.3 Å². The SMILES string of the molecule is CNC(=O)C1CCCN1C(=O)c1csc(C(C)N)n1. The average molecular weight is 282 g/mol. The second kappa shape index (κ2) is 5.66. The summed E-state index contributed by atoms with van der Waals surface area (Å²) in [5.74, 6) is -0.303. The van der Waals surface area contributed by atoms with Crippen LogP contribution in [0, 0.1) is 0 Å². The minimum absolute atomic E-state index is 0.117. The van der Waals surface area contributed by atoms with E-state index in [9.17, 15) is 9.59 Å². The lowest BCUT2D eigenvalue weighted by Gasteiger charge is -2.22. The number of nitrogens with two attached hydrogens (primary N) is 1. The van der Waals surface area contributed by atoms with E-state index < -0.39 is 0 Å². The van der Waals surface area contributed by atoms with Crippen molar-refractivity contribution in [1.82, 2.24) is 15.2 Å². The summed E-state index contributed by atoms with van der Waals surface area (Å²) in [5.41, 5.74) is 6.12. The molecule has 1 aliphatic rings. The topological polar surface area (TPSA) is 88.3 Å². The number of aromatic nitrogens is 1. The molecule has 0 aromatic carbocycles. The third-order valence-corrected chi connectivity index (χ3v) is 4.24. The van der Waals surface area contributed by atoms with Crippen LogP contribution in [0.5, 0.6) is 0 Å². The van der Waals surface area contributed by atoms with E-state index in [2.05, 4.69) is 10.3 Å². The van der Waals surface area contributed by atoms with Gasteiger partial charge in [-0.15, -0.1) is 11.3 Å². The maximum Gasteiger partial charge on any atom is 0.274 e. The molecule has 0 spiro atoms. The van der Waals surface area contributed by atoms with Crippen molar-refractivity contribution in [3.8, 4) is 0 Å². The van der Waals surface area contributed by atoms with Gasteiger partial charge in [-0.3, -0.25) is 9.59 Å². The third kappa shape index (κ3) is 2.76. The van der Waals surface area contributed by atoms with Crippen molar-refractivity contribution in [2.45, 2.75) is 31.8 Å². The molecule has 1 fully saturated rings. The van der Waals surface area contributed by atoms with Crippen molar-refractivity contribution >= 4 is 23.2 Å². The average Bonchev–Trinajstić information content (AvgIpc) is 3.05. The summed E-state index contributed by atoms with van der Waals surface area (Å²) in [6.45, 7) is 2.43. The van der Waals surface area contributed by atoms with Crippen molar-refractivity contribution in [2.75, 3.05) is 13.6 Å². The molecule has 0 bridgehead atoms. The van der Waals surface area contributed by atoms with Gasteiger partial charge in [0, 0.05) is 19.0 Å². The van der Waals surface area contributed by atoms with Crippen molar-refractivity contribution in [3.63, 3.8) is 0 Å². The molecule has 1 aliphatic heterocycles. The summed E-state index contributed by atoms with van der Waals surface area (Å²) in [7, 11) is 1.58. The Morgan fingerprint density at radius 2 is 2.37 bits per heavy atom. The van der Waals surface area contributed by atoms with Gasteiger partial charge in [-0.25, -0.2) is 4.98 Å². The standard InChI is InChI=1S/C12H18N4O2S/c1-7(13)11-15-8(6-19-11)12(18)16-5-3-4-9(16)10(17)14-2/h6-7,9H,3-5,13H2,1-2H3,(H,14,17). The van der Waals surface area contributed by atoms with Gasteiger partial charge in [0.1, 0.15) is 16.7 Å². The Bertz CT molecular complexity index is 486. The Labute approximate surface area is 116 Å². The van der Waals surface area contributed by atoms with Crippen LogP contribution in [0.4, 0.5) is 0 Å². The molecule has 1 saturated heterocycles. The summed E-state index contributed by atoms with van der Waals surface area (Å²) in [5, 5.41) is 5.04. The lowest BCUT2D eigenvalue weighted by Crippen LogP contribution is -2.45. The number of amides is 2. The van der Waals surface area contributed by atoms with Gasteiger partial charge in [-0.1, -0.05) is 0 Å². The maximum absolute atomic E-state index is 12.4. The van der Waals surface area contributed by atoms with Crippen LogP contribution in [0.2, 0.25) is 0 Å². The van der Waals surface area contributed by atoms with Crippen molar-refractivity contribution in [3.05, 3.63) is 16.1 Å². The first-order valence-electron chi connectivity index (χ1n) is 6.28. The predicted molar refractivity (Wildman–Crippen MR) is 72.8 cm³/mol. The summed E-state index contributed by atoms with van der Waals surface area (Å²) in [6.07, 6.45) is 1.55. The number of hydrogen-bond acceptors (Lipinski definition) is 5. The van der Waals surface area contributed by atoms with E-state index >= 15 is 0 Å². The Kier molecular flexibility index (Phi) is 4.16. The van der Waals surface area contributed by atoms with E-state index in [4.69, 9.17) is 5.73 Å². The number of nitrogens with zero attached hydrogens (tertiary/aromatic N) is 2. The number of nitrogens with one attached hydrogen (secondary N) is 1. The number of likely N-dealkylation sites (N-methyl/N-ethyl adjacent to an activating group) is 1. The summed E-state index contributed by atoms with van der Waals surface area (Å²) in [6, 6.07) is -0.558. The van der Waals surface area contributed by atoms with Gasteiger partial charge in [-0.05, 0) is 19.8 Å². The molecule has 3 N–H and O–H groups in total. The first-order valence-corrected chi connectivity index (χ1v) is 7.16. The highest BCUT2D eigenvalue weighted by molar-refractivity contribution is 7.09. The first kappa shape index (κ1) is 14.0. The highest BCUT2D eigenvalue weighted by atomic mass is 32.1. The van der Waals surface area contributed by atoms with E-state index in [1.54, 1.807) is 17.3 Å². The van der Waals surface area contributed by atoms with Crippen molar-refractivity contribution in [1.29, 1.82) is 0 Å². The fourth-order valence-electron chi connectivity index (χ4n) is 2.19. The minimum Gasteiger partial charge on any atom is -0.357 e. The molecule has 2 unspecified atom stereocenters. The van der Waals surface area contributed by atoms with Gasteiger partial charge in [0.2, 0.25) is 5.91 Å². The second-order valence-electron chi connectivity index (χ2n) is 4.63. The highest BCUT2D eigenvalue weighted by Gasteiger charge is 2.34. The molecule has 104 valence electrons. The number of hydrogen-bond donors (Lipinski definition) is 2. The smallest absolute Gasteiger partial charge is 0.274 e. The number of thiazole rings is 1. The van der Waals surface area contributed by atoms with Crippen molar-refractivity contribution < 1.29 is 9.59 Å². The lowest BCUT2D eigenvalue weighted by molar-refractivity contribution is -0.124. The van der Waals surface area contributed by atoms with Crippen LogP contribution in [0.1, 0.15) is 41.3 Å². The fraction of sp³-hybridized carbons (Fsp3) is 0.583. The second-order valence-corrected chi connectivity index (χ2v) is 5.52. The first-order chi connectivity index (χ1) is 9.04. The zero-order valence-electron chi connectivity index (χ0n) is 11.0. The van der Waals surface area contributed by atoms with Gasteiger partial charge in [0.05, 0.1) is 6.04 Å². The number of rotatable bonds is 3. The molecular weight excluding hydrogens is 264 g/mol. The summed E-state index contributed by atoms with van der Waals surface area (Å²) >= 11 is 1.38. The lowest BCUT2D eigenvalue weighted by atomic mass is 10.2. The molecule has 2 heterocycles. The largest absolute Gasteiger partial charge is 0.357 e. The van der Waals surface area contributed by atoms with Crippen LogP contribution < -0.4 is 11.1 Å². The highest BCUT2D eigenvalue weighted by Crippen LogP contribution is 2.22. The molecule has 2 rings (SSSR count). The molecule has 2 amide bonds. The van der Waals surface area contributed by atoms with Crippen molar-refractivity contribution in [2.24, 2.45) is 5.73 Å². The molecule has 6 nitrogen and oxygen atoms in total. The van der Waals surface area contributed by atoms with Crippen LogP contribution in [0.15, 0.2) is 5.38 Å². The summed E-state index contributed by atoms with van der Waals surface area (Å²) < 4.78 is 0. The van der Waals surface area contributed by atoms with E-state index in [1.807, 2.05) is 6.92 Å². The molecule has 2 atom stereocenters. The molecule has 7 heteroatoms. The quantitative estimate of drug-likeness (QED) is 0.845. The molecule has 0 aliphatic carbocycles. The van der Waals surface area contributed by atoms with Crippen LogP contribution in [0.25, 0.3) is 0 Å². The normalized spacial score (nSPS) is 20.4. The monoisotopic (exact) mass is 282 g/mol. The van der Waals surface area contributed by atoms with E-state index in [0.717, 1.165) is 11.4 Å². The maximum atomic E-state index is 12.4. The molecular formula is C12H18N4O2S. The zero-order valence-corrected chi connectivity index (χ0v) is 11.9. The molecule has 0 radical (unpaired) electrons. The molecule has 1 aromatic heterocycles. The predicted octanol–water partition coefficient (Wildman–Crippen LogP) is 0.513. The van der Waals surface area contributed by atoms with Gasteiger partial charge >= 0.3 is 0 Å². The Morgan fingerprint density at radius 3 is 2.95 bits per heavy atom. The van der Waals surface area contributed by atoms with E-state index in [1.165, 1.54) is 11.3 Å². The Balaban J connectivity index is 2.16. The molecule has 1 aromatic rings. The Morgan fingerprint density at radius 1 is 1.63 bits per heavy atom. The number of carbonyl (C=O) groups is 2. The van der Waals surface area contributed by atoms with Crippen LogP contribution >= 0.6 is 11.3 Å². The zero-order chi connectivity index (χ0) is 14.0. The summed E-state index contributed by atoms with van der Waals surface area (Å²) in [4.78, 5) is 29.9.